The second-order valence-corrected chi connectivity index (χ2v) is 2.39. The fraction of sp³-hybridized carbons (Fsp3) is 0.667. The Morgan fingerprint density at radius 2 is 1.60 bits per heavy atom. The molecule has 0 aliphatic carbocycles. The minimum absolute atomic E-state index is 0.915. The molecule has 0 unspecified atom stereocenters. The number of nitriles is 1. The highest BCUT2D eigenvalue weighted by molar-refractivity contribution is 5.80. The van der Waals surface area contributed by atoms with Gasteiger partial charge in [-0.3, -0.25) is 4.79 Å². The van der Waals surface area contributed by atoms with Crippen molar-refractivity contribution >= 4 is 5.91 Å². The quantitative estimate of drug-likeness (QED) is 0.579. The number of nitrogens with zero attached hydrogens (tertiary/aromatic N) is 1. The van der Waals surface area contributed by atoms with E-state index >= 15 is 0 Å². The molecule has 0 rings (SSSR count). The van der Waals surface area contributed by atoms with Gasteiger partial charge in [-0.1, -0.05) is 0 Å². The summed E-state index contributed by atoms with van der Waals surface area (Å²) in [7, 11) is 0. The number of alkyl halides is 6. The Morgan fingerprint density at radius 1 is 1.20 bits per heavy atom. The van der Waals surface area contributed by atoms with Crippen molar-refractivity contribution in [3.63, 3.8) is 0 Å². The highest BCUT2D eigenvalue weighted by Crippen LogP contribution is 2.39. The monoisotopic (exact) mass is 234 g/mol. The van der Waals surface area contributed by atoms with Crippen LogP contribution in [0.3, 0.4) is 0 Å². The van der Waals surface area contributed by atoms with E-state index in [4.69, 9.17) is 5.26 Å². The zero-order valence-electron chi connectivity index (χ0n) is 6.91. The van der Waals surface area contributed by atoms with Crippen molar-refractivity contribution in [2.75, 3.05) is 6.54 Å². The molecular weight excluding hydrogens is 230 g/mol. The van der Waals surface area contributed by atoms with Crippen LogP contribution in [-0.2, 0) is 4.79 Å². The van der Waals surface area contributed by atoms with Gasteiger partial charge in [0.15, 0.2) is 0 Å². The van der Waals surface area contributed by atoms with E-state index in [0.29, 0.717) is 0 Å². The molecule has 1 amide bonds. The number of nitrogens with one attached hydrogen (secondary N) is 1. The van der Waals surface area contributed by atoms with E-state index in [2.05, 4.69) is 0 Å². The van der Waals surface area contributed by atoms with Crippen LogP contribution in [0.25, 0.3) is 0 Å². The van der Waals surface area contributed by atoms with Gasteiger partial charge in [0.2, 0.25) is 11.8 Å². The molecule has 0 radical (unpaired) electrons. The third kappa shape index (κ3) is 4.05. The zero-order valence-corrected chi connectivity index (χ0v) is 6.91. The van der Waals surface area contributed by atoms with Gasteiger partial charge >= 0.3 is 12.4 Å². The van der Waals surface area contributed by atoms with Gasteiger partial charge in [-0.2, -0.15) is 31.6 Å². The van der Waals surface area contributed by atoms with Crippen molar-refractivity contribution in [3.8, 4) is 6.07 Å². The van der Waals surface area contributed by atoms with Crippen molar-refractivity contribution in [1.82, 2.24) is 5.32 Å². The lowest BCUT2D eigenvalue weighted by atomic mass is 10.1. The fourth-order valence-electron chi connectivity index (χ4n) is 0.712. The molecule has 0 atom stereocenters. The first-order chi connectivity index (χ1) is 6.60. The number of rotatable bonds is 2. The lowest BCUT2D eigenvalue weighted by Crippen LogP contribution is -2.47. The maximum absolute atomic E-state index is 11.8. The Kier molecular flexibility index (Phi) is 3.95. The molecule has 0 aromatic heterocycles. The first-order valence-corrected chi connectivity index (χ1v) is 3.38. The van der Waals surface area contributed by atoms with E-state index in [0.717, 1.165) is 0 Å². The Balaban J connectivity index is 4.83. The van der Waals surface area contributed by atoms with Gasteiger partial charge in [-0.05, 0) is 0 Å². The summed E-state index contributed by atoms with van der Waals surface area (Å²) >= 11 is 0. The third-order valence-corrected chi connectivity index (χ3v) is 1.26. The lowest BCUT2D eigenvalue weighted by molar-refractivity contribution is -0.274. The number of hydrogen-bond donors (Lipinski definition) is 1. The standard InChI is InChI=1S/C6H4F6N2O/c7-5(8,9)3(6(10,11)12)4(15)14-2-1-13/h3H,2H2,(H,14,15). The molecule has 0 saturated carbocycles. The predicted octanol–water partition coefficient (Wildman–Crippen LogP) is 1.37. The summed E-state index contributed by atoms with van der Waals surface area (Å²) in [4.78, 5) is 10.5. The van der Waals surface area contributed by atoms with E-state index in [1.54, 1.807) is 0 Å². The zero-order chi connectivity index (χ0) is 12.3. The van der Waals surface area contributed by atoms with Gasteiger partial charge in [0, 0.05) is 0 Å². The first kappa shape index (κ1) is 13.5. The number of hydrogen-bond acceptors (Lipinski definition) is 2. The summed E-state index contributed by atoms with van der Waals surface area (Å²) in [5.74, 6) is -6.38. The topological polar surface area (TPSA) is 52.9 Å². The molecule has 0 saturated heterocycles. The van der Waals surface area contributed by atoms with Crippen LogP contribution >= 0.6 is 0 Å². The van der Waals surface area contributed by atoms with Crippen LogP contribution in [0.15, 0.2) is 0 Å². The molecule has 9 heteroatoms. The molecule has 0 heterocycles. The Bertz CT molecular complexity index is 261. The summed E-state index contributed by atoms with van der Waals surface area (Å²) in [6.07, 6.45) is -11.4. The molecule has 0 aromatic carbocycles. The minimum atomic E-state index is -5.72. The van der Waals surface area contributed by atoms with Gasteiger partial charge in [-0.15, -0.1) is 0 Å². The summed E-state index contributed by atoms with van der Waals surface area (Å²) < 4.78 is 71.0. The van der Waals surface area contributed by atoms with Crippen LogP contribution in [0.2, 0.25) is 0 Å². The van der Waals surface area contributed by atoms with Crippen LogP contribution in [0.5, 0.6) is 0 Å². The number of carbonyl (C=O) groups excluding carboxylic acids is 1. The maximum atomic E-state index is 11.8. The molecule has 1 N–H and O–H groups in total. The van der Waals surface area contributed by atoms with E-state index in [9.17, 15) is 31.1 Å². The smallest absolute Gasteiger partial charge is 0.342 e. The molecular formula is C6H4F6N2O. The predicted molar refractivity (Wildman–Crippen MR) is 34.2 cm³/mol. The maximum Gasteiger partial charge on any atom is 0.409 e. The van der Waals surface area contributed by atoms with Gasteiger partial charge in [0.05, 0.1) is 6.07 Å². The highest BCUT2D eigenvalue weighted by atomic mass is 19.4. The van der Waals surface area contributed by atoms with Crippen LogP contribution in [0.4, 0.5) is 26.3 Å². The Morgan fingerprint density at radius 3 is 1.87 bits per heavy atom. The summed E-state index contributed by atoms with van der Waals surface area (Å²) in [5.41, 5.74) is 0. The lowest BCUT2D eigenvalue weighted by Gasteiger charge is -2.21. The average molecular weight is 234 g/mol. The largest absolute Gasteiger partial charge is 0.409 e. The summed E-state index contributed by atoms with van der Waals surface area (Å²) in [6.45, 7) is -0.915. The minimum Gasteiger partial charge on any atom is -0.342 e. The molecule has 15 heavy (non-hydrogen) atoms. The van der Waals surface area contributed by atoms with Crippen LogP contribution < -0.4 is 5.32 Å². The van der Waals surface area contributed by atoms with E-state index < -0.39 is 30.7 Å². The second kappa shape index (κ2) is 4.37. The number of halogens is 6. The molecule has 0 aromatic rings. The number of amides is 1. The molecule has 0 aliphatic rings. The second-order valence-electron chi connectivity index (χ2n) is 2.39. The van der Waals surface area contributed by atoms with Gasteiger partial charge in [-0.25, -0.2) is 0 Å². The van der Waals surface area contributed by atoms with E-state index in [-0.39, 0.29) is 0 Å². The van der Waals surface area contributed by atoms with Crippen LogP contribution in [0.1, 0.15) is 0 Å². The van der Waals surface area contributed by atoms with Crippen molar-refractivity contribution in [2.45, 2.75) is 12.4 Å². The average Bonchev–Trinajstić information content (AvgIpc) is 1.94. The summed E-state index contributed by atoms with van der Waals surface area (Å²) in [6, 6.07) is 1.19. The van der Waals surface area contributed by atoms with E-state index in [1.165, 1.54) is 11.4 Å². The van der Waals surface area contributed by atoms with Gasteiger partial charge in [0.25, 0.3) is 0 Å². The van der Waals surface area contributed by atoms with Crippen molar-refractivity contribution in [3.05, 3.63) is 0 Å². The molecule has 0 spiro atoms. The molecule has 0 aliphatic heterocycles. The van der Waals surface area contributed by atoms with E-state index in [1.807, 2.05) is 0 Å². The van der Waals surface area contributed by atoms with Gasteiger partial charge < -0.3 is 5.32 Å². The molecule has 86 valence electrons. The summed E-state index contributed by atoms with van der Waals surface area (Å²) in [5, 5.41) is 9.08. The van der Waals surface area contributed by atoms with Crippen molar-refractivity contribution < 1.29 is 31.1 Å². The number of carbonyl (C=O) groups is 1. The first-order valence-electron chi connectivity index (χ1n) is 3.38. The molecule has 3 nitrogen and oxygen atoms in total. The van der Waals surface area contributed by atoms with Crippen molar-refractivity contribution in [2.24, 2.45) is 5.92 Å². The van der Waals surface area contributed by atoms with Gasteiger partial charge in [0.1, 0.15) is 6.54 Å². The van der Waals surface area contributed by atoms with Crippen LogP contribution in [-0.4, -0.2) is 24.8 Å². The Hall–Kier alpha value is -1.46. The SMILES string of the molecule is N#CCNC(=O)C(C(F)(F)F)C(F)(F)F. The van der Waals surface area contributed by atoms with Crippen molar-refractivity contribution in [1.29, 1.82) is 5.26 Å². The molecule has 0 bridgehead atoms. The Labute approximate surface area is 79.7 Å². The normalized spacial score (nSPS) is 12.4. The highest BCUT2D eigenvalue weighted by Gasteiger charge is 2.60. The third-order valence-electron chi connectivity index (χ3n) is 1.26. The van der Waals surface area contributed by atoms with Crippen LogP contribution in [0, 0.1) is 17.2 Å². The fourth-order valence-corrected chi connectivity index (χ4v) is 0.712. The molecule has 0 fully saturated rings.